The minimum absolute atomic E-state index is 0.501. The van der Waals surface area contributed by atoms with Crippen molar-refractivity contribution in [2.75, 3.05) is 26.7 Å². The fourth-order valence-electron chi connectivity index (χ4n) is 4.71. The van der Waals surface area contributed by atoms with Crippen LogP contribution in [0.25, 0.3) is 21.8 Å². The number of para-hydroxylation sites is 1. The number of rotatable bonds is 7. The van der Waals surface area contributed by atoms with E-state index in [0.717, 1.165) is 54.7 Å². The van der Waals surface area contributed by atoms with Gasteiger partial charge in [0.1, 0.15) is 5.75 Å². The lowest BCUT2D eigenvalue weighted by atomic mass is 10.0. The summed E-state index contributed by atoms with van der Waals surface area (Å²) in [5.41, 5.74) is 4.20. The third kappa shape index (κ3) is 4.48. The average molecular weight is 431 g/mol. The van der Waals surface area contributed by atoms with Crippen molar-refractivity contribution in [3.8, 4) is 5.75 Å². The van der Waals surface area contributed by atoms with Gasteiger partial charge >= 0.3 is 0 Å². The molecule has 1 saturated heterocycles. The van der Waals surface area contributed by atoms with Gasteiger partial charge in [0.2, 0.25) is 0 Å². The maximum atomic E-state index is 11.0. The molecule has 0 saturated carbocycles. The molecule has 0 bridgehead atoms. The lowest BCUT2D eigenvalue weighted by molar-refractivity contribution is 0.0948. The van der Waals surface area contributed by atoms with Crippen molar-refractivity contribution < 1.29 is 9.84 Å². The van der Waals surface area contributed by atoms with E-state index in [0.29, 0.717) is 12.6 Å². The molecule has 1 aliphatic rings. The molecule has 0 radical (unpaired) electrons. The van der Waals surface area contributed by atoms with Crippen molar-refractivity contribution in [1.82, 2.24) is 20.2 Å². The van der Waals surface area contributed by atoms with Crippen molar-refractivity contribution in [2.24, 2.45) is 0 Å². The van der Waals surface area contributed by atoms with E-state index in [1.165, 1.54) is 16.6 Å². The van der Waals surface area contributed by atoms with Crippen molar-refractivity contribution in [2.45, 2.75) is 31.5 Å². The van der Waals surface area contributed by atoms with Crippen LogP contribution in [-0.2, 0) is 6.54 Å². The van der Waals surface area contributed by atoms with Crippen molar-refractivity contribution in [3.05, 3.63) is 72.1 Å². The molecule has 5 rings (SSSR count). The predicted octanol–water partition coefficient (Wildman–Crippen LogP) is 4.01. The number of H-pyrrole nitrogens is 1. The fourth-order valence-corrected chi connectivity index (χ4v) is 4.71. The lowest BCUT2D eigenvalue weighted by Crippen LogP contribution is -2.43. The minimum Gasteiger partial charge on any atom is -0.497 e. The van der Waals surface area contributed by atoms with Crippen LogP contribution in [0.5, 0.6) is 5.75 Å². The van der Waals surface area contributed by atoms with Crippen LogP contribution in [0, 0.1) is 0 Å². The first-order valence-electron chi connectivity index (χ1n) is 11.3. The summed E-state index contributed by atoms with van der Waals surface area (Å²) in [5.74, 6) is 0.779. The van der Waals surface area contributed by atoms with Crippen molar-refractivity contribution >= 4 is 21.8 Å². The number of hydrogen-bond donors (Lipinski definition) is 3. The Bertz CT molecular complexity index is 1160. The number of aromatic amines is 1. The second kappa shape index (κ2) is 9.28. The zero-order chi connectivity index (χ0) is 21.9. The number of nitrogens with zero attached hydrogens (tertiary/aromatic N) is 2. The van der Waals surface area contributed by atoms with Gasteiger partial charge in [-0.15, -0.1) is 0 Å². The molecule has 1 fully saturated rings. The van der Waals surface area contributed by atoms with E-state index in [9.17, 15) is 5.11 Å². The summed E-state index contributed by atoms with van der Waals surface area (Å²) < 4.78 is 5.36. The Morgan fingerprint density at radius 2 is 2.00 bits per heavy atom. The normalized spacial score (nSPS) is 16.6. The number of ether oxygens (including phenoxy) is 1. The molecular weight excluding hydrogens is 400 g/mol. The molecule has 0 aliphatic carbocycles. The van der Waals surface area contributed by atoms with Gasteiger partial charge < -0.3 is 25.0 Å². The first-order chi connectivity index (χ1) is 15.7. The molecule has 32 heavy (non-hydrogen) atoms. The van der Waals surface area contributed by atoms with Gasteiger partial charge in [-0.25, -0.2) is 0 Å². The fraction of sp³-hybridized carbons (Fsp3) is 0.346. The maximum absolute atomic E-state index is 11.0. The first kappa shape index (κ1) is 20.9. The molecule has 0 amide bonds. The quantitative estimate of drug-likeness (QED) is 0.413. The molecule has 2 aromatic carbocycles. The zero-order valence-electron chi connectivity index (χ0n) is 18.4. The Morgan fingerprint density at radius 1 is 1.16 bits per heavy atom. The maximum Gasteiger partial charge on any atom is 0.119 e. The summed E-state index contributed by atoms with van der Waals surface area (Å²) in [5, 5.41) is 16.9. The van der Waals surface area contributed by atoms with Crippen LogP contribution in [0.2, 0.25) is 0 Å². The second-order valence-electron chi connectivity index (χ2n) is 8.64. The molecule has 3 N–H and O–H groups in total. The number of fused-ring (bicyclic) bond motifs is 2. The van der Waals surface area contributed by atoms with Crippen LogP contribution in [0.15, 0.2) is 60.8 Å². The van der Waals surface area contributed by atoms with Crippen LogP contribution in [0.3, 0.4) is 0 Å². The summed E-state index contributed by atoms with van der Waals surface area (Å²) in [7, 11) is 1.66. The summed E-state index contributed by atoms with van der Waals surface area (Å²) in [6, 6.07) is 18.8. The van der Waals surface area contributed by atoms with Gasteiger partial charge in [-0.2, -0.15) is 0 Å². The van der Waals surface area contributed by atoms with E-state index in [1.54, 1.807) is 13.3 Å². The summed E-state index contributed by atoms with van der Waals surface area (Å²) in [6.07, 6.45) is 3.38. The Morgan fingerprint density at radius 3 is 2.81 bits per heavy atom. The number of nitrogens with one attached hydrogen (secondary N) is 2. The highest BCUT2D eigenvalue weighted by atomic mass is 16.5. The largest absolute Gasteiger partial charge is 0.497 e. The molecule has 1 unspecified atom stereocenters. The molecule has 3 heterocycles. The number of β-amino-alcohol motifs (C(OH)–C–C–N with tert-alkyl or cyclic N) is 1. The molecule has 0 spiro atoms. The molecule has 1 atom stereocenters. The van der Waals surface area contributed by atoms with Gasteiger partial charge in [0.25, 0.3) is 0 Å². The van der Waals surface area contributed by atoms with Crippen molar-refractivity contribution in [3.63, 3.8) is 0 Å². The molecule has 4 aromatic rings. The van der Waals surface area contributed by atoms with E-state index in [-0.39, 0.29) is 0 Å². The standard InChI is InChI=1S/C26H30N4O2/c1-32-21-6-7-25-23(15-21)22(8-11-27-25)26(31)17-30-12-9-19(10-13-30)28-16-20-14-18-4-2-3-5-24(18)29-20/h2-8,11,14-15,19,26,28-29,31H,9-10,12-13,16-17H2,1H3. The summed E-state index contributed by atoms with van der Waals surface area (Å²) >= 11 is 0. The molecule has 1 aliphatic heterocycles. The summed E-state index contributed by atoms with van der Waals surface area (Å²) in [6.45, 7) is 3.44. The van der Waals surface area contributed by atoms with Gasteiger partial charge in [-0.3, -0.25) is 4.98 Å². The van der Waals surface area contributed by atoms with Crippen LogP contribution in [0.1, 0.15) is 30.2 Å². The van der Waals surface area contributed by atoms with Gasteiger partial charge in [-0.1, -0.05) is 18.2 Å². The van der Waals surface area contributed by atoms with E-state index >= 15 is 0 Å². The molecular formula is C26H30N4O2. The number of likely N-dealkylation sites (tertiary alicyclic amines) is 1. The van der Waals surface area contributed by atoms with E-state index in [2.05, 4.69) is 50.5 Å². The van der Waals surface area contributed by atoms with Gasteiger partial charge in [0, 0.05) is 41.9 Å². The Kier molecular flexibility index (Phi) is 6.08. The Balaban J connectivity index is 1.16. The molecule has 2 aromatic heterocycles. The van der Waals surface area contributed by atoms with Crippen molar-refractivity contribution in [1.29, 1.82) is 0 Å². The number of piperidine rings is 1. The van der Waals surface area contributed by atoms with E-state index in [1.807, 2.05) is 24.3 Å². The SMILES string of the molecule is COc1ccc2nccc(C(O)CN3CCC(NCc4cc5ccccc5[nH]4)CC3)c2c1. The number of aliphatic hydroxyl groups excluding tert-OH is 1. The topological polar surface area (TPSA) is 73.4 Å². The number of aliphatic hydroxyl groups is 1. The average Bonchev–Trinajstić information content (AvgIpc) is 3.26. The number of methoxy groups -OCH3 is 1. The number of hydrogen-bond acceptors (Lipinski definition) is 5. The Labute approximate surface area is 188 Å². The molecule has 6 heteroatoms. The predicted molar refractivity (Wildman–Crippen MR) is 128 cm³/mol. The highest BCUT2D eigenvalue weighted by molar-refractivity contribution is 5.84. The van der Waals surface area contributed by atoms with Gasteiger partial charge in [0.15, 0.2) is 0 Å². The third-order valence-corrected chi connectivity index (χ3v) is 6.53. The Hall–Kier alpha value is -2.93. The summed E-state index contributed by atoms with van der Waals surface area (Å²) in [4.78, 5) is 10.3. The number of benzene rings is 2. The highest BCUT2D eigenvalue weighted by Gasteiger charge is 2.22. The van der Waals surface area contributed by atoms with Crippen LogP contribution < -0.4 is 10.1 Å². The van der Waals surface area contributed by atoms with E-state index in [4.69, 9.17) is 4.74 Å². The monoisotopic (exact) mass is 430 g/mol. The third-order valence-electron chi connectivity index (χ3n) is 6.53. The number of aromatic nitrogens is 2. The smallest absolute Gasteiger partial charge is 0.119 e. The van der Waals surface area contributed by atoms with Crippen LogP contribution >= 0.6 is 0 Å². The van der Waals surface area contributed by atoms with E-state index < -0.39 is 6.10 Å². The highest BCUT2D eigenvalue weighted by Crippen LogP contribution is 2.28. The van der Waals surface area contributed by atoms with Crippen LogP contribution in [-0.4, -0.2) is 52.8 Å². The lowest BCUT2D eigenvalue weighted by Gasteiger charge is -2.33. The minimum atomic E-state index is -0.552. The van der Waals surface area contributed by atoms with Gasteiger partial charge in [-0.05, 0) is 73.3 Å². The second-order valence-corrected chi connectivity index (χ2v) is 8.64. The molecule has 6 nitrogen and oxygen atoms in total. The van der Waals surface area contributed by atoms with Crippen LogP contribution in [0.4, 0.5) is 0 Å². The molecule has 166 valence electrons. The van der Waals surface area contributed by atoms with Gasteiger partial charge in [0.05, 0.1) is 18.7 Å². The number of pyridine rings is 1. The zero-order valence-corrected chi connectivity index (χ0v) is 18.4. The first-order valence-corrected chi connectivity index (χ1v) is 11.3.